The normalized spacial score (nSPS) is 16.4. The third-order valence-electron chi connectivity index (χ3n) is 2.83. The molecule has 0 aliphatic carbocycles. The van der Waals surface area contributed by atoms with Gasteiger partial charge in [0.25, 0.3) is 0 Å². The van der Waals surface area contributed by atoms with Gasteiger partial charge in [-0.15, -0.1) is 10.2 Å². The van der Waals surface area contributed by atoms with Gasteiger partial charge in [-0.2, -0.15) is 0 Å². The third-order valence-corrected chi connectivity index (χ3v) is 2.83. The first-order valence-electron chi connectivity index (χ1n) is 5.38. The average molecular weight is 211 g/mol. The van der Waals surface area contributed by atoms with Crippen molar-refractivity contribution in [2.75, 3.05) is 0 Å². The number of aromatic nitrogens is 2. The Kier molecular flexibility index (Phi) is 3.50. The Hall–Kier alpha value is -0.900. The molecule has 4 nitrogen and oxygen atoms in total. The van der Waals surface area contributed by atoms with Crippen molar-refractivity contribution in [2.45, 2.75) is 47.1 Å². The highest BCUT2D eigenvalue weighted by Gasteiger charge is 2.22. The van der Waals surface area contributed by atoms with Crippen molar-refractivity contribution >= 4 is 0 Å². The standard InChI is InChI=1S/C11H21N3O/c1-7(11(3,4)5)6-9-13-14-10(15-9)8(2)12/h7-8H,6,12H2,1-5H3. The molecule has 0 spiro atoms. The Morgan fingerprint density at radius 3 is 2.27 bits per heavy atom. The van der Waals surface area contributed by atoms with Crippen LogP contribution in [-0.4, -0.2) is 10.2 Å². The molecule has 0 saturated heterocycles. The molecule has 1 rings (SSSR count). The van der Waals surface area contributed by atoms with Crippen LogP contribution in [0, 0.1) is 11.3 Å². The van der Waals surface area contributed by atoms with Gasteiger partial charge in [0.1, 0.15) is 0 Å². The molecular formula is C11H21N3O. The highest BCUT2D eigenvalue weighted by molar-refractivity contribution is 4.89. The lowest BCUT2D eigenvalue weighted by molar-refractivity contribution is 0.242. The molecule has 0 bridgehead atoms. The SMILES string of the molecule is CC(N)c1nnc(CC(C)C(C)(C)C)o1. The van der Waals surface area contributed by atoms with Crippen molar-refractivity contribution in [1.82, 2.24) is 10.2 Å². The smallest absolute Gasteiger partial charge is 0.232 e. The fraction of sp³-hybridized carbons (Fsp3) is 0.818. The maximum absolute atomic E-state index is 5.65. The van der Waals surface area contributed by atoms with Crippen molar-refractivity contribution in [1.29, 1.82) is 0 Å². The Morgan fingerprint density at radius 1 is 1.27 bits per heavy atom. The first-order chi connectivity index (χ1) is 6.80. The third kappa shape index (κ3) is 3.30. The van der Waals surface area contributed by atoms with Crippen LogP contribution in [0.2, 0.25) is 0 Å². The van der Waals surface area contributed by atoms with Crippen LogP contribution < -0.4 is 5.73 Å². The van der Waals surface area contributed by atoms with E-state index >= 15 is 0 Å². The molecule has 0 fully saturated rings. The van der Waals surface area contributed by atoms with Gasteiger partial charge < -0.3 is 10.2 Å². The second-order valence-corrected chi connectivity index (χ2v) is 5.29. The molecule has 86 valence electrons. The summed E-state index contributed by atoms with van der Waals surface area (Å²) in [5, 5.41) is 7.90. The van der Waals surface area contributed by atoms with E-state index in [4.69, 9.17) is 10.2 Å². The van der Waals surface area contributed by atoms with Crippen molar-refractivity contribution < 1.29 is 4.42 Å². The van der Waals surface area contributed by atoms with Crippen LogP contribution in [0.5, 0.6) is 0 Å². The average Bonchev–Trinajstić information content (AvgIpc) is 2.50. The number of nitrogens with two attached hydrogens (primary N) is 1. The predicted molar refractivity (Wildman–Crippen MR) is 59.2 cm³/mol. The fourth-order valence-electron chi connectivity index (χ4n) is 1.10. The minimum atomic E-state index is -0.184. The van der Waals surface area contributed by atoms with Gasteiger partial charge in [-0.3, -0.25) is 0 Å². The van der Waals surface area contributed by atoms with Crippen LogP contribution in [0.4, 0.5) is 0 Å². The summed E-state index contributed by atoms with van der Waals surface area (Å²) in [7, 11) is 0. The van der Waals surface area contributed by atoms with E-state index in [0.717, 1.165) is 6.42 Å². The molecular weight excluding hydrogens is 190 g/mol. The zero-order valence-electron chi connectivity index (χ0n) is 10.2. The van der Waals surface area contributed by atoms with Gasteiger partial charge in [-0.05, 0) is 18.3 Å². The van der Waals surface area contributed by atoms with E-state index < -0.39 is 0 Å². The van der Waals surface area contributed by atoms with Gasteiger partial charge >= 0.3 is 0 Å². The fourth-order valence-corrected chi connectivity index (χ4v) is 1.10. The number of rotatable bonds is 3. The highest BCUT2D eigenvalue weighted by Crippen LogP contribution is 2.28. The summed E-state index contributed by atoms with van der Waals surface area (Å²) in [5.41, 5.74) is 5.90. The molecule has 15 heavy (non-hydrogen) atoms. The largest absolute Gasteiger partial charge is 0.424 e. The lowest BCUT2D eigenvalue weighted by Gasteiger charge is -2.25. The molecule has 0 aliphatic rings. The molecule has 1 aromatic rings. The van der Waals surface area contributed by atoms with Crippen molar-refractivity contribution in [3.05, 3.63) is 11.8 Å². The first-order valence-corrected chi connectivity index (χ1v) is 5.38. The molecule has 1 heterocycles. The molecule has 0 aliphatic heterocycles. The van der Waals surface area contributed by atoms with E-state index in [1.807, 2.05) is 6.92 Å². The van der Waals surface area contributed by atoms with E-state index in [9.17, 15) is 0 Å². The maximum atomic E-state index is 5.65. The molecule has 4 heteroatoms. The van der Waals surface area contributed by atoms with Crippen LogP contribution in [0.25, 0.3) is 0 Å². The summed E-state index contributed by atoms with van der Waals surface area (Å²) >= 11 is 0. The van der Waals surface area contributed by atoms with Crippen LogP contribution in [0.3, 0.4) is 0 Å². The van der Waals surface area contributed by atoms with Gasteiger partial charge in [-0.25, -0.2) is 0 Å². The van der Waals surface area contributed by atoms with E-state index in [1.54, 1.807) is 0 Å². The van der Waals surface area contributed by atoms with Gasteiger partial charge in [0.05, 0.1) is 6.04 Å². The molecule has 0 amide bonds. The van der Waals surface area contributed by atoms with Gasteiger partial charge in [0, 0.05) is 6.42 Å². The van der Waals surface area contributed by atoms with E-state index in [-0.39, 0.29) is 11.5 Å². The minimum absolute atomic E-state index is 0.184. The molecule has 1 aromatic heterocycles. The molecule has 0 radical (unpaired) electrons. The van der Waals surface area contributed by atoms with Crippen LogP contribution in [0.15, 0.2) is 4.42 Å². The molecule has 2 atom stereocenters. The summed E-state index contributed by atoms with van der Waals surface area (Å²) in [6.45, 7) is 10.7. The van der Waals surface area contributed by atoms with Crippen LogP contribution >= 0.6 is 0 Å². The van der Waals surface area contributed by atoms with Crippen molar-refractivity contribution in [2.24, 2.45) is 17.1 Å². The minimum Gasteiger partial charge on any atom is -0.424 e. The molecule has 2 N–H and O–H groups in total. The Balaban J connectivity index is 2.65. The highest BCUT2D eigenvalue weighted by atomic mass is 16.4. The second-order valence-electron chi connectivity index (χ2n) is 5.29. The lowest BCUT2D eigenvalue weighted by atomic mass is 9.80. The van der Waals surface area contributed by atoms with Crippen LogP contribution in [0.1, 0.15) is 52.4 Å². The Morgan fingerprint density at radius 2 is 1.87 bits per heavy atom. The van der Waals surface area contributed by atoms with E-state index in [1.165, 1.54) is 0 Å². The number of hydrogen-bond donors (Lipinski definition) is 1. The zero-order valence-corrected chi connectivity index (χ0v) is 10.2. The second kappa shape index (κ2) is 4.31. The van der Waals surface area contributed by atoms with Crippen molar-refractivity contribution in [3.8, 4) is 0 Å². The molecule has 0 aromatic carbocycles. The molecule has 0 saturated carbocycles. The summed E-state index contributed by atoms with van der Waals surface area (Å²) in [4.78, 5) is 0. The lowest BCUT2D eigenvalue weighted by Crippen LogP contribution is -2.19. The zero-order chi connectivity index (χ0) is 11.6. The summed E-state index contributed by atoms with van der Waals surface area (Å²) in [5.74, 6) is 1.70. The summed E-state index contributed by atoms with van der Waals surface area (Å²) in [6, 6.07) is -0.184. The predicted octanol–water partition coefficient (Wildman–Crippen LogP) is 2.31. The summed E-state index contributed by atoms with van der Waals surface area (Å²) < 4.78 is 5.46. The number of hydrogen-bond acceptors (Lipinski definition) is 4. The van der Waals surface area contributed by atoms with E-state index in [0.29, 0.717) is 17.7 Å². The van der Waals surface area contributed by atoms with E-state index in [2.05, 4.69) is 37.9 Å². The summed E-state index contributed by atoms with van der Waals surface area (Å²) in [6.07, 6.45) is 0.809. The molecule has 2 unspecified atom stereocenters. The van der Waals surface area contributed by atoms with Crippen molar-refractivity contribution in [3.63, 3.8) is 0 Å². The van der Waals surface area contributed by atoms with Crippen LogP contribution in [-0.2, 0) is 6.42 Å². The topological polar surface area (TPSA) is 64.9 Å². The van der Waals surface area contributed by atoms with Gasteiger partial charge in [0.2, 0.25) is 11.8 Å². The Bertz CT molecular complexity index is 312. The number of nitrogens with zero attached hydrogens (tertiary/aromatic N) is 2. The van der Waals surface area contributed by atoms with Gasteiger partial charge in [0.15, 0.2) is 0 Å². The Labute approximate surface area is 91.3 Å². The monoisotopic (exact) mass is 211 g/mol. The quantitative estimate of drug-likeness (QED) is 0.833. The van der Waals surface area contributed by atoms with Gasteiger partial charge in [-0.1, -0.05) is 27.7 Å². The first kappa shape index (κ1) is 12.2. The maximum Gasteiger partial charge on any atom is 0.232 e.